The van der Waals surface area contributed by atoms with Crippen LogP contribution in [0.5, 0.6) is 0 Å². The van der Waals surface area contributed by atoms with Crippen molar-refractivity contribution in [3.63, 3.8) is 0 Å². The van der Waals surface area contributed by atoms with Crippen LogP contribution in [0.1, 0.15) is 6.92 Å². The molecule has 0 aliphatic carbocycles. The molecule has 1 aliphatic rings. The molecule has 0 saturated carbocycles. The average Bonchev–Trinajstić information content (AvgIpc) is 2.69. The first-order valence-electron chi connectivity index (χ1n) is 5.76. The van der Waals surface area contributed by atoms with Crippen LogP contribution >= 0.6 is 0 Å². The molecule has 8 nitrogen and oxygen atoms in total. The van der Waals surface area contributed by atoms with Crippen LogP contribution in [0.25, 0.3) is 0 Å². The third-order valence-electron chi connectivity index (χ3n) is 2.81. The lowest BCUT2D eigenvalue weighted by Crippen LogP contribution is -2.43. The zero-order chi connectivity index (χ0) is 14.6. The summed E-state index contributed by atoms with van der Waals surface area (Å²) in [5, 5.41) is 2.32. The highest BCUT2D eigenvalue weighted by atomic mass is 16.5. The Bertz CT molecular complexity index is 393. The van der Waals surface area contributed by atoms with E-state index in [1.165, 1.54) is 19.1 Å². The second-order valence-corrected chi connectivity index (χ2v) is 4.34. The lowest BCUT2D eigenvalue weighted by atomic mass is 10.2. The molecule has 0 radical (unpaired) electrons. The molecule has 1 unspecified atom stereocenters. The van der Waals surface area contributed by atoms with E-state index in [2.05, 4.69) is 10.1 Å². The van der Waals surface area contributed by atoms with Crippen molar-refractivity contribution < 1.29 is 23.9 Å². The van der Waals surface area contributed by atoms with Crippen molar-refractivity contribution in [3.8, 4) is 0 Å². The van der Waals surface area contributed by atoms with Crippen LogP contribution in [0.3, 0.4) is 0 Å². The first kappa shape index (κ1) is 14.9. The number of methoxy groups -OCH3 is 1. The minimum absolute atomic E-state index is 0.0889. The molecule has 1 heterocycles. The Labute approximate surface area is 110 Å². The van der Waals surface area contributed by atoms with E-state index in [1.54, 1.807) is 6.92 Å². The standard InChI is InChI=1S/C11H17N3O5/c1-7(10(17)19-3)5-13(2)9(16)6-14-8(15)4-12-11(14)18/h7H,4-6H2,1-3H3,(H,12,18). The number of hydrogen-bond acceptors (Lipinski definition) is 5. The minimum Gasteiger partial charge on any atom is -0.469 e. The molecule has 8 heteroatoms. The number of likely N-dealkylation sites (N-methyl/N-ethyl adjacent to an activating group) is 1. The molecule has 1 fully saturated rings. The van der Waals surface area contributed by atoms with Gasteiger partial charge < -0.3 is 15.0 Å². The molecular formula is C11H17N3O5. The van der Waals surface area contributed by atoms with Gasteiger partial charge in [0.25, 0.3) is 5.91 Å². The summed E-state index contributed by atoms with van der Waals surface area (Å²) >= 11 is 0. The molecule has 1 aliphatic heterocycles. The highest BCUT2D eigenvalue weighted by molar-refractivity contribution is 6.04. The summed E-state index contributed by atoms with van der Waals surface area (Å²) in [7, 11) is 2.77. The van der Waals surface area contributed by atoms with Crippen LogP contribution in [0.15, 0.2) is 0 Å². The van der Waals surface area contributed by atoms with E-state index in [1.807, 2.05) is 0 Å². The van der Waals surface area contributed by atoms with Crippen LogP contribution in [0.4, 0.5) is 4.79 Å². The number of carbonyl (C=O) groups excluding carboxylic acids is 4. The Hall–Kier alpha value is -2.12. The Morgan fingerprint density at radius 3 is 2.58 bits per heavy atom. The largest absolute Gasteiger partial charge is 0.469 e. The van der Waals surface area contributed by atoms with Crippen LogP contribution in [-0.4, -0.2) is 67.4 Å². The summed E-state index contributed by atoms with van der Waals surface area (Å²) in [6.45, 7) is 1.38. The Morgan fingerprint density at radius 1 is 1.47 bits per heavy atom. The van der Waals surface area contributed by atoms with Gasteiger partial charge in [0.15, 0.2) is 0 Å². The van der Waals surface area contributed by atoms with Gasteiger partial charge in [-0.25, -0.2) is 4.79 Å². The maximum atomic E-state index is 11.8. The Kier molecular flexibility index (Phi) is 4.85. The predicted molar refractivity (Wildman–Crippen MR) is 63.9 cm³/mol. The van der Waals surface area contributed by atoms with Gasteiger partial charge in [0.2, 0.25) is 5.91 Å². The van der Waals surface area contributed by atoms with Crippen LogP contribution in [-0.2, 0) is 19.1 Å². The van der Waals surface area contributed by atoms with E-state index in [0.29, 0.717) is 0 Å². The van der Waals surface area contributed by atoms with Crippen LogP contribution < -0.4 is 5.32 Å². The maximum Gasteiger partial charge on any atom is 0.325 e. The second-order valence-electron chi connectivity index (χ2n) is 4.34. The van der Waals surface area contributed by atoms with E-state index in [4.69, 9.17) is 0 Å². The smallest absolute Gasteiger partial charge is 0.325 e. The van der Waals surface area contributed by atoms with Gasteiger partial charge in [-0.1, -0.05) is 6.92 Å². The monoisotopic (exact) mass is 271 g/mol. The van der Waals surface area contributed by atoms with E-state index in [0.717, 1.165) is 4.90 Å². The SMILES string of the molecule is COC(=O)C(C)CN(C)C(=O)CN1C(=O)CNC1=O. The average molecular weight is 271 g/mol. The van der Waals surface area contributed by atoms with E-state index in [9.17, 15) is 19.2 Å². The van der Waals surface area contributed by atoms with Crippen LogP contribution in [0.2, 0.25) is 0 Å². The molecule has 0 aromatic rings. The fraction of sp³-hybridized carbons (Fsp3) is 0.636. The number of imide groups is 1. The lowest BCUT2D eigenvalue weighted by Gasteiger charge is -2.22. The van der Waals surface area contributed by atoms with Gasteiger partial charge in [-0.15, -0.1) is 0 Å². The number of rotatable bonds is 5. The summed E-state index contributed by atoms with van der Waals surface area (Å²) in [6, 6.07) is -0.576. The van der Waals surface area contributed by atoms with Crippen molar-refractivity contribution in [3.05, 3.63) is 0 Å². The van der Waals surface area contributed by atoms with Crippen molar-refractivity contribution in [1.82, 2.24) is 15.1 Å². The van der Waals surface area contributed by atoms with Gasteiger partial charge in [0.1, 0.15) is 6.54 Å². The molecule has 1 atom stereocenters. The van der Waals surface area contributed by atoms with Gasteiger partial charge >= 0.3 is 12.0 Å². The third-order valence-corrected chi connectivity index (χ3v) is 2.81. The fourth-order valence-corrected chi connectivity index (χ4v) is 1.66. The van der Waals surface area contributed by atoms with E-state index >= 15 is 0 Å². The zero-order valence-corrected chi connectivity index (χ0v) is 11.1. The summed E-state index contributed by atoms with van der Waals surface area (Å²) in [6.07, 6.45) is 0. The predicted octanol–water partition coefficient (Wildman–Crippen LogP) is -1.19. The van der Waals surface area contributed by atoms with E-state index < -0.39 is 29.7 Å². The molecule has 106 valence electrons. The van der Waals surface area contributed by atoms with Gasteiger partial charge in [-0.05, 0) is 0 Å². The minimum atomic E-state index is -0.576. The molecule has 19 heavy (non-hydrogen) atoms. The maximum absolute atomic E-state index is 11.8. The highest BCUT2D eigenvalue weighted by Crippen LogP contribution is 2.04. The van der Waals surface area contributed by atoms with Crippen molar-refractivity contribution in [2.24, 2.45) is 5.92 Å². The fourth-order valence-electron chi connectivity index (χ4n) is 1.66. The van der Waals surface area contributed by atoms with E-state index in [-0.39, 0.29) is 19.6 Å². The Morgan fingerprint density at radius 2 is 2.11 bits per heavy atom. The number of amides is 4. The number of urea groups is 1. The first-order valence-corrected chi connectivity index (χ1v) is 5.76. The molecule has 0 spiro atoms. The molecule has 0 aromatic carbocycles. The summed E-state index contributed by atoms with van der Waals surface area (Å²) in [5.41, 5.74) is 0. The molecular weight excluding hydrogens is 254 g/mol. The first-order chi connectivity index (χ1) is 8.86. The third kappa shape index (κ3) is 3.67. The number of nitrogens with one attached hydrogen (secondary N) is 1. The number of nitrogens with zero attached hydrogens (tertiary/aromatic N) is 2. The van der Waals surface area contributed by atoms with Gasteiger partial charge in [0, 0.05) is 13.6 Å². The summed E-state index contributed by atoms with van der Waals surface area (Å²) < 4.78 is 4.55. The van der Waals surface area contributed by atoms with Crippen molar-refractivity contribution in [2.75, 3.05) is 33.8 Å². The van der Waals surface area contributed by atoms with Crippen molar-refractivity contribution in [1.29, 1.82) is 0 Å². The van der Waals surface area contributed by atoms with Crippen LogP contribution in [0, 0.1) is 5.92 Å². The van der Waals surface area contributed by atoms with Gasteiger partial charge in [-0.2, -0.15) is 0 Å². The number of ether oxygens (including phenoxy) is 1. The van der Waals surface area contributed by atoms with Gasteiger partial charge in [-0.3, -0.25) is 19.3 Å². The molecule has 0 aromatic heterocycles. The van der Waals surface area contributed by atoms with Gasteiger partial charge in [0.05, 0.1) is 19.6 Å². The number of hydrogen-bond donors (Lipinski definition) is 1. The number of carbonyl (C=O) groups is 4. The molecule has 1 rings (SSSR count). The zero-order valence-electron chi connectivity index (χ0n) is 11.1. The number of esters is 1. The quantitative estimate of drug-likeness (QED) is 0.501. The molecule has 0 bridgehead atoms. The Balaban J connectivity index is 2.51. The molecule has 4 amide bonds. The summed E-state index contributed by atoms with van der Waals surface area (Å²) in [5.74, 6) is -1.74. The summed E-state index contributed by atoms with van der Waals surface area (Å²) in [4.78, 5) is 47.8. The van der Waals surface area contributed by atoms with Crippen molar-refractivity contribution >= 4 is 23.8 Å². The normalized spacial score (nSPS) is 16.1. The molecule has 1 saturated heterocycles. The lowest BCUT2D eigenvalue weighted by molar-refractivity contribution is -0.146. The molecule has 1 N–H and O–H groups in total. The topological polar surface area (TPSA) is 96.0 Å². The van der Waals surface area contributed by atoms with Crippen molar-refractivity contribution in [2.45, 2.75) is 6.92 Å². The highest BCUT2D eigenvalue weighted by Gasteiger charge is 2.31. The second kappa shape index (κ2) is 6.17.